The van der Waals surface area contributed by atoms with Crippen LogP contribution in [0.2, 0.25) is 0 Å². The van der Waals surface area contributed by atoms with Gasteiger partial charge in [-0.15, -0.1) is 0 Å². The molecule has 0 bridgehead atoms. The van der Waals surface area contributed by atoms with Crippen LogP contribution >= 0.6 is 7.94 Å². The molecule has 0 fully saturated rings. The quantitative estimate of drug-likeness (QED) is 0.0684. The Labute approximate surface area is 323 Å². The summed E-state index contributed by atoms with van der Waals surface area (Å²) in [6.45, 7) is 11.4. The van der Waals surface area contributed by atoms with Gasteiger partial charge in [-0.25, -0.2) is 0 Å². The third-order valence-electron chi connectivity index (χ3n) is 11.1. The zero-order chi connectivity index (χ0) is 37.5. The monoisotopic (exact) mass is 735 g/mol. The fraction of sp³-hybridized carbons (Fsp3) is 0.510. The highest BCUT2D eigenvalue weighted by atomic mass is 31.2. The second kappa shape index (κ2) is 21.1. The Kier molecular flexibility index (Phi) is 16.3. The van der Waals surface area contributed by atoms with E-state index in [0.29, 0.717) is 12.6 Å². The molecule has 0 aliphatic carbocycles. The third-order valence-corrected chi connectivity index (χ3v) is 12.9. The summed E-state index contributed by atoms with van der Waals surface area (Å²) in [5.41, 5.74) is 13.0. The molecule has 286 valence electrons. The topological polar surface area (TPSA) is 38.7 Å². The molecule has 1 N–H and O–H groups in total. The van der Waals surface area contributed by atoms with Crippen molar-refractivity contribution in [3.05, 3.63) is 106 Å². The fourth-order valence-corrected chi connectivity index (χ4v) is 9.70. The van der Waals surface area contributed by atoms with Gasteiger partial charge in [0.15, 0.2) is 17.7 Å². The third kappa shape index (κ3) is 11.2. The van der Waals surface area contributed by atoms with Gasteiger partial charge in [-0.1, -0.05) is 147 Å². The molecule has 0 saturated heterocycles. The first kappa shape index (κ1) is 41.0. The van der Waals surface area contributed by atoms with Crippen LogP contribution in [0.3, 0.4) is 0 Å². The number of hydrogen-bond donors (Lipinski definition) is 1. The molecule has 0 aromatic heterocycles. The molecule has 4 aromatic rings. The lowest BCUT2D eigenvalue weighted by molar-refractivity contribution is 0.339. The SMILES string of the molecule is CCCCCCCC[P+]1(O)Oc2cccc(-c3ccc(CCCC)cc3CCCC)c2Cc2c(cccc2-c2ccc(CCCC)cc2CCCC)O1. The summed E-state index contributed by atoms with van der Waals surface area (Å²) in [4.78, 5) is 12.4. The van der Waals surface area contributed by atoms with E-state index in [2.05, 4.69) is 107 Å². The van der Waals surface area contributed by atoms with Crippen molar-refractivity contribution in [2.45, 2.75) is 157 Å². The molecule has 1 heterocycles. The van der Waals surface area contributed by atoms with Crippen molar-refractivity contribution >= 4 is 7.94 Å². The van der Waals surface area contributed by atoms with E-state index in [1.165, 1.54) is 95.9 Å². The maximum absolute atomic E-state index is 12.4. The van der Waals surface area contributed by atoms with Crippen LogP contribution in [-0.4, -0.2) is 11.1 Å². The lowest BCUT2D eigenvalue weighted by atomic mass is 9.85. The van der Waals surface area contributed by atoms with E-state index in [1.807, 2.05) is 0 Å². The Bertz CT molecular complexity index is 1610. The van der Waals surface area contributed by atoms with Gasteiger partial charge in [0.25, 0.3) is 0 Å². The van der Waals surface area contributed by atoms with Crippen LogP contribution in [0.4, 0.5) is 0 Å². The minimum atomic E-state index is -3.28. The average molecular weight is 736 g/mol. The van der Waals surface area contributed by atoms with Gasteiger partial charge in [0.1, 0.15) is 0 Å². The van der Waals surface area contributed by atoms with Crippen LogP contribution in [-0.2, 0) is 32.1 Å². The maximum atomic E-state index is 12.4. The first-order chi connectivity index (χ1) is 25.9. The van der Waals surface area contributed by atoms with Gasteiger partial charge in [0.05, 0.1) is 0 Å². The van der Waals surface area contributed by atoms with E-state index in [0.717, 1.165) is 86.8 Å². The first-order valence-electron chi connectivity index (χ1n) is 21.4. The van der Waals surface area contributed by atoms with Crippen LogP contribution in [0, 0.1) is 0 Å². The molecule has 0 amide bonds. The summed E-state index contributed by atoms with van der Waals surface area (Å²) in [6, 6.07) is 27.3. The molecular weight excluding hydrogens is 668 g/mol. The summed E-state index contributed by atoms with van der Waals surface area (Å²) in [7, 11) is -3.28. The number of benzene rings is 4. The normalized spacial score (nSPS) is 13.4. The molecule has 3 nitrogen and oxygen atoms in total. The van der Waals surface area contributed by atoms with E-state index < -0.39 is 7.94 Å². The minimum Gasteiger partial charge on any atom is -0.277 e. The number of hydrogen-bond acceptors (Lipinski definition) is 3. The molecule has 5 rings (SSSR count). The lowest BCUT2D eigenvalue weighted by Crippen LogP contribution is -2.17. The van der Waals surface area contributed by atoms with Crippen molar-refractivity contribution < 1.29 is 13.9 Å². The summed E-state index contributed by atoms with van der Waals surface area (Å²) in [6.07, 6.45) is 21.9. The highest BCUT2D eigenvalue weighted by molar-refractivity contribution is 7.61. The Morgan fingerprint density at radius 2 is 0.906 bits per heavy atom. The molecule has 0 spiro atoms. The zero-order valence-corrected chi connectivity index (χ0v) is 34.7. The van der Waals surface area contributed by atoms with Crippen LogP contribution in [0.25, 0.3) is 22.3 Å². The van der Waals surface area contributed by atoms with Crippen molar-refractivity contribution in [2.24, 2.45) is 0 Å². The van der Waals surface area contributed by atoms with Gasteiger partial charge in [0.2, 0.25) is 0 Å². The van der Waals surface area contributed by atoms with Gasteiger partial charge in [-0.3, -0.25) is 9.05 Å². The van der Waals surface area contributed by atoms with E-state index in [1.54, 1.807) is 0 Å². The number of rotatable bonds is 21. The largest absolute Gasteiger partial charge is 0.495 e. The van der Waals surface area contributed by atoms with E-state index >= 15 is 0 Å². The average Bonchev–Trinajstić information content (AvgIpc) is 3.16. The molecular formula is C49H68O3P+. The predicted octanol–water partition coefficient (Wildman–Crippen LogP) is 14.9. The smallest absolute Gasteiger partial charge is 0.277 e. The van der Waals surface area contributed by atoms with Crippen molar-refractivity contribution in [3.8, 4) is 33.8 Å². The molecule has 4 aromatic carbocycles. The highest BCUT2D eigenvalue weighted by Crippen LogP contribution is 2.60. The van der Waals surface area contributed by atoms with Crippen molar-refractivity contribution in [1.82, 2.24) is 0 Å². The second-order valence-corrected chi connectivity index (χ2v) is 17.5. The molecule has 1 aliphatic rings. The Morgan fingerprint density at radius 3 is 1.38 bits per heavy atom. The van der Waals surface area contributed by atoms with Crippen LogP contribution in [0.5, 0.6) is 11.5 Å². The number of unbranched alkanes of at least 4 members (excludes halogenated alkanes) is 9. The summed E-state index contributed by atoms with van der Waals surface area (Å²) in [5.74, 6) is 1.53. The van der Waals surface area contributed by atoms with Gasteiger partial charge < -0.3 is 0 Å². The molecule has 0 unspecified atom stereocenters. The predicted molar refractivity (Wildman–Crippen MR) is 230 cm³/mol. The molecule has 0 radical (unpaired) electrons. The highest BCUT2D eigenvalue weighted by Gasteiger charge is 2.46. The lowest BCUT2D eigenvalue weighted by Gasteiger charge is -2.27. The second-order valence-electron chi connectivity index (χ2n) is 15.4. The van der Waals surface area contributed by atoms with Crippen LogP contribution in [0.15, 0.2) is 72.8 Å². The van der Waals surface area contributed by atoms with Gasteiger partial charge in [-0.05, 0) is 121 Å². The fourth-order valence-electron chi connectivity index (χ4n) is 7.90. The Hall–Kier alpha value is -3.13. The van der Waals surface area contributed by atoms with Gasteiger partial charge in [-0.2, -0.15) is 4.89 Å². The minimum absolute atomic E-state index is 0.522. The van der Waals surface area contributed by atoms with E-state index in [4.69, 9.17) is 9.05 Å². The van der Waals surface area contributed by atoms with Crippen LogP contribution in [0.1, 0.15) is 158 Å². The molecule has 0 atom stereocenters. The van der Waals surface area contributed by atoms with Gasteiger partial charge >= 0.3 is 7.94 Å². The summed E-state index contributed by atoms with van der Waals surface area (Å²) >= 11 is 0. The number of fused-ring (bicyclic) bond motifs is 2. The molecule has 0 saturated carbocycles. The molecule has 1 aliphatic heterocycles. The van der Waals surface area contributed by atoms with E-state index in [-0.39, 0.29) is 0 Å². The Balaban J connectivity index is 1.66. The first-order valence-corrected chi connectivity index (χ1v) is 23.2. The van der Waals surface area contributed by atoms with Crippen molar-refractivity contribution in [3.63, 3.8) is 0 Å². The van der Waals surface area contributed by atoms with E-state index in [9.17, 15) is 4.89 Å². The van der Waals surface area contributed by atoms with Crippen molar-refractivity contribution in [1.29, 1.82) is 0 Å². The van der Waals surface area contributed by atoms with Gasteiger partial charge in [0, 0.05) is 17.5 Å². The van der Waals surface area contributed by atoms with Crippen molar-refractivity contribution in [2.75, 3.05) is 6.16 Å². The maximum Gasteiger partial charge on any atom is 0.495 e. The van der Waals surface area contributed by atoms with Crippen LogP contribution < -0.4 is 9.05 Å². The molecule has 53 heavy (non-hydrogen) atoms. The molecule has 4 heteroatoms. The number of aryl methyl sites for hydroxylation is 4. The summed E-state index contributed by atoms with van der Waals surface area (Å²) in [5, 5.41) is 0. The zero-order valence-electron chi connectivity index (χ0n) is 33.8. The summed E-state index contributed by atoms with van der Waals surface area (Å²) < 4.78 is 13.6. The standard InChI is InChI=1S/C49H68O3P/c1-6-11-16-17-18-19-34-53(50)51-48-28-20-26-44(42-32-30-38(22-12-7-2)35-40(42)24-14-9-4)46(48)37-47-45(27-21-29-49(47)52-53)43-33-31-39(23-13-8-3)36-41(43)25-15-10-5/h20-21,26-33,35-36,50H,6-19,22-25,34,37H2,1-5H3/q+1. The Morgan fingerprint density at radius 1 is 0.472 bits per heavy atom.